The molecule has 2 aromatic carbocycles. The fourth-order valence-corrected chi connectivity index (χ4v) is 3.76. The molecule has 1 N–H and O–H groups in total. The van der Waals surface area contributed by atoms with Crippen molar-refractivity contribution in [1.82, 2.24) is 10.3 Å². The Morgan fingerprint density at radius 1 is 0.871 bits per heavy atom. The van der Waals surface area contributed by atoms with E-state index in [1.54, 1.807) is 33.7 Å². The molecule has 0 spiro atoms. The molecular formula is C24H27BrN2O4. The molecule has 7 heteroatoms. The van der Waals surface area contributed by atoms with Crippen LogP contribution in [0.4, 0.5) is 0 Å². The number of rotatable bonds is 11. The SMILES string of the molecule is COc1ccc(CCNCc2cc(Br)c(OCc3cccnc3)c(OC)c2)cc1OC. The van der Waals surface area contributed by atoms with Crippen LogP contribution in [-0.4, -0.2) is 32.9 Å². The lowest BCUT2D eigenvalue weighted by Crippen LogP contribution is -2.17. The number of aromatic nitrogens is 1. The number of benzene rings is 2. The van der Waals surface area contributed by atoms with E-state index in [0.717, 1.165) is 40.1 Å². The number of hydrogen-bond donors (Lipinski definition) is 1. The van der Waals surface area contributed by atoms with Gasteiger partial charge in [0.15, 0.2) is 23.0 Å². The molecule has 164 valence electrons. The van der Waals surface area contributed by atoms with Crippen LogP contribution in [-0.2, 0) is 19.6 Å². The zero-order chi connectivity index (χ0) is 22.1. The van der Waals surface area contributed by atoms with Gasteiger partial charge in [0.1, 0.15) is 6.61 Å². The zero-order valence-corrected chi connectivity index (χ0v) is 19.6. The maximum atomic E-state index is 5.97. The number of halogens is 1. The first kappa shape index (κ1) is 22.9. The molecule has 0 fully saturated rings. The van der Waals surface area contributed by atoms with Gasteiger partial charge in [-0.15, -0.1) is 0 Å². The van der Waals surface area contributed by atoms with Crippen LogP contribution in [0.2, 0.25) is 0 Å². The maximum absolute atomic E-state index is 5.97. The summed E-state index contributed by atoms with van der Waals surface area (Å²) in [4.78, 5) is 4.11. The maximum Gasteiger partial charge on any atom is 0.175 e. The second-order valence-electron chi connectivity index (χ2n) is 6.88. The Morgan fingerprint density at radius 2 is 1.65 bits per heavy atom. The van der Waals surface area contributed by atoms with E-state index in [-0.39, 0.29) is 0 Å². The van der Waals surface area contributed by atoms with Crippen molar-refractivity contribution in [3.8, 4) is 23.0 Å². The third kappa shape index (κ3) is 6.35. The molecule has 1 aromatic heterocycles. The first-order valence-electron chi connectivity index (χ1n) is 9.94. The molecule has 0 radical (unpaired) electrons. The topological polar surface area (TPSA) is 61.8 Å². The Hall–Kier alpha value is -2.77. The third-order valence-corrected chi connectivity index (χ3v) is 5.35. The fourth-order valence-electron chi connectivity index (χ4n) is 3.16. The van der Waals surface area contributed by atoms with Gasteiger partial charge in [0.25, 0.3) is 0 Å². The Kier molecular flexibility index (Phi) is 8.55. The van der Waals surface area contributed by atoms with Gasteiger partial charge in [-0.05, 0) is 70.4 Å². The Balaban J connectivity index is 1.56. The Morgan fingerprint density at radius 3 is 2.35 bits per heavy atom. The summed E-state index contributed by atoms with van der Waals surface area (Å²) in [5.74, 6) is 2.85. The minimum atomic E-state index is 0.422. The molecule has 0 saturated carbocycles. The number of nitrogens with one attached hydrogen (secondary N) is 1. The van der Waals surface area contributed by atoms with Crippen molar-refractivity contribution < 1.29 is 18.9 Å². The van der Waals surface area contributed by atoms with E-state index in [4.69, 9.17) is 18.9 Å². The van der Waals surface area contributed by atoms with Crippen molar-refractivity contribution in [2.24, 2.45) is 0 Å². The standard InChI is InChI=1S/C24H27BrN2O4/c1-28-21-7-6-17(12-22(21)29-2)8-10-27-15-19-11-20(25)24(23(13-19)30-3)31-16-18-5-4-9-26-14-18/h4-7,9,11-14,27H,8,10,15-16H2,1-3H3. The smallest absolute Gasteiger partial charge is 0.175 e. The van der Waals surface area contributed by atoms with Gasteiger partial charge < -0.3 is 24.3 Å². The normalized spacial score (nSPS) is 10.6. The van der Waals surface area contributed by atoms with E-state index in [2.05, 4.69) is 32.3 Å². The number of nitrogens with zero attached hydrogens (tertiary/aromatic N) is 1. The van der Waals surface area contributed by atoms with Crippen molar-refractivity contribution in [3.05, 3.63) is 76.0 Å². The minimum Gasteiger partial charge on any atom is -0.493 e. The van der Waals surface area contributed by atoms with Crippen molar-refractivity contribution in [1.29, 1.82) is 0 Å². The molecule has 0 aliphatic rings. The summed E-state index contributed by atoms with van der Waals surface area (Å²) in [7, 11) is 4.93. The number of hydrogen-bond acceptors (Lipinski definition) is 6. The largest absolute Gasteiger partial charge is 0.493 e. The van der Waals surface area contributed by atoms with E-state index in [0.29, 0.717) is 24.7 Å². The van der Waals surface area contributed by atoms with E-state index >= 15 is 0 Å². The van der Waals surface area contributed by atoms with Crippen LogP contribution >= 0.6 is 15.9 Å². The summed E-state index contributed by atoms with van der Waals surface area (Å²) in [6.45, 7) is 1.96. The first-order chi connectivity index (χ1) is 15.1. The summed E-state index contributed by atoms with van der Waals surface area (Å²) < 4.78 is 23.0. The van der Waals surface area contributed by atoms with Crippen LogP contribution in [0.25, 0.3) is 0 Å². The molecule has 3 rings (SSSR count). The molecule has 1 heterocycles. The summed E-state index contributed by atoms with van der Waals surface area (Å²) in [6.07, 6.45) is 4.41. The average Bonchev–Trinajstić information content (AvgIpc) is 2.81. The van der Waals surface area contributed by atoms with E-state index < -0.39 is 0 Å². The van der Waals surface area contributed by atoms with Gasteiger partial charge >= 0.3 is 0 Å². The molecule has 31 heavy (non-hydrogen) atoms. The van der Waals surface area contributed by atoms with Crippen LogP contribution in [0, 0.1) is 0 Å². The van der Waals surface area contributed by atoms with Gasteiger partial charge in [0, 0.05) is 24.5 Å². The van der Waals surface area contributed by atoms with Gasteiger partial charge in [0.05, 0.1) is 25.8 Å². The lowest BCUT2D eigenvalue weighted by molar-refractivity contribution is 0.282. The molecule has 0 saturated heterocycles. The molecule has 0 bridgehead atoms. The van der Waals surface area contributed by atoms with Gasteiger partial charge in [-0.1, -0.05) is 12.1 Å². The quantitative estimate of drug-likeness (QED) is 0.393. The van der Waals surface area contributed by atoms with Crippen LogP contribution in [0.1, 0.15) is 16.7 Å². The molecule has 0 aliphatic carbocycles. The second kappa shape index (κ2) is 11.6. The number of methoxy groups -OCH3 is 3. The molecule has 6 nitrogen and oxygen atoms in total. The van der Waals surface area contributed by atoms with Gasteiger partial charge in [-0.2, -0.15) is 0 Å². The highest BCUT2D eigenvalue weighted by Crippen LogP contribution is 2.37. The minimum absolute atomic E-state index is 0.422. The Bertz CT molecular complexity index is 983. The summed E-state index contributed by atoms with van der Waals surface area (Å²) >= 11 is 3.61. The van der Waals surface area contributed by atoms with Crippen molar-refractivity contribution >= 4 is 15.9 Å². The van der Waals surface area contributed by atoms with E-state index in [9.17, 15) is 0 Å². The zero-order valence-electron chi connectivity index (χ0n) is 18.0. The second-order valence-corrected chi connectivity index (χ2v) is 7.73. The number of ether oxygens (including phenoxy) is 4. The van der Waals surface area contributed by atoms with E-state index in [1.165, 1.54) is 5.56 Å². The molecule has 0 unspecified atom stereocenters. The molecule has 0 aliphatic heterocycles. The van der Waals surface area contributed by atoms with Crippen LogP contribution < -0.4 is 24.3 Å². The van der Waals surface area contributed by atoms with Gasteiger partial charge in [0.2, 0.25) is 0 Å². The molecule has 3 aromatic rings. The first-order valence-corrected chi connectivity index (χ1v) is 10.7. The van der Waals surface area contributed by atoms with Crippen LogP contribution in [0.5, 0.6) is 23.0 Å². The lowest BCUT2D eigenvalue weighted by Gasteiger charge is -2.15. The summed E-state index contributed by atoms with van der Waals surface area (Å²) in [5, 5.41) is 3.47. The number of pyridine rings is 1. The van der Waals surface area contributed by atoms with Crippen LogP contribution in [0.15, 0.2) is 59.3 Å². The Labute approximate surface area is 191 Å². The van der Waals surface area contributed by atoms with Crippen molar-refractivity contribution in [3.63, 3.8) is 0 Å². The van der Waals surface area contributed by atoms with Crippen molar-refractivity contribution in [2.45, 2.75) is 19.6 Å². The molecule has 0 amide bonds. The van der Waals surface area contributed by atoms with Crippen molar-refractivity contribution in [2.75, 3.05) is 27.9 Å². The predicted molar refractivity (Wildman–Crippen MR) is 124 cm³/mol. The molecule has 0 atom stereocenters. The van der Waals surface area contributed by atoms with Crippen LogP contribution in [0.3, 0.4) is 0 Å². The highest BCUT2D eigenvalue weighted by molar-refractivity contribution is 9.10. The van der Waals surface area contributed by atoms with Gasteiger partial charge in [-0.3, -0.25) is 4.98 Å². The summed E-state index contributed by atoms with van der Waals surface area (Å²) in [5.41, 5.74) is 3.28. The summed E-state index contributed by atoms with van der Waals surface area (Å²) in [6, 6.07) is 13.9. The predicted octanol–water partition coefficient (Wildman–Crippen LogP) is 4.78. The van der Waals surface area contributed by atoms with Gasteiger partial charge in [-0.25, -0.2) is 0 Å². The fraction of sp³-hybridized carbons (Fsp3) is 0.292. The molecular weight excluding hydrogens is 460 g/mol. The highest BCUT2D eigenvalue weighted by Gasteiger charge is 2.12. The van der Waals surface area contributed by atoms with E-state index in [1.807, 2.05) is 36.4 Å². The monoisotopic (exact) mass is 486 g/mol. The third-order valence-electron chi connectivity index (χ3n) is 4.76. The lowest BCUT2D eigenvalue weighted by atomic mass is 10.1. The average molecular weight is 487 g/mol. The highest BCUT2D eigenvalue weighted by atomic mass is 79.9.